The van der Waals surface area contributed by atoms with Crippen molar-refractivity contribution in [3.63, 3.8) is 0 Å². The first kappa shape index (κ1) is 14.3. The number of esters is 1. The fraction of sp³-hybridized carbons (Fsp3) is 0.167. The number of aromatic nitrogens is 1. The van der Waals surface area contributed by atoms with Crippen LogP contribution in [0.3, 0.4) is 0 Å². The molecule has 0 amide bonds. The van der Waals surface area contributed by atoms with Gasteiger partial charge in [-0.2, -0.15) is 0 Å². The highest BCUT2D eigenvalue weighted by atomic mass is 19.1. The van der Waals surface area contributed by atoms with Crippen LogP contribution in [0.1, 0.15) is 21.5 Å². The molecule has 3 nitrogen and oxygen atoms in total. The topological polar surface area (TPSA) is 31.2 Å². The molecule has 0 atom stereocenters. The summed E-state index contributed by atoms with van der Waals surface area (Å²) in [4.78, 5) is 11.7. The molecule has 112 valence electrons. The molecule has 0 unspecified atom stereocenters. The number of carbonyl (C=O) groups excluding carboxylic acids is 1. The molecule has 0 spiro atoms. The van der Waals surface area contributed by atoms with Gasteiger partial charge in [-0.15, -0.1) is 0 Å². The Morgan fingerprint density at radius 3 is 2.59 bits per heavy atom. The molecular weight excluding hydrogens is 281 g/mol. The van der Waals surface area contributed by atoms with Crippen molar-refractivity contribution >= 4 is 16.9 Å². The van der Waals surface area contributed by atoms with Crippen LogP contribution in [0.4, 0.5) is 4.39 Å². The molecule has 3 aromatic rings. The Hall–Kier alpha value is -2.62. The van der Waals surface area contributed by atoms with Crippen molar-refractivity contribution in [3.05, 3.63) is 71.2 Å². The van der Waals surface area contributed by atoms with E-state index in [-0.39, 0.29) is 11.8 Å². The summed E-state index contributed by atoms with van der Waals surface area (Å²) in [6.45, 7) is 0. The van der Waals surface area contributed by atoms with Crippen LogP contribution in [0.5, 0.6) is 0 Å². The molecule has 0 aliphatic carbocycles. The zero-order valence-corrected chi connectivity index (χ0v) is 12.5. The zero-order chi connectivity index (χ0) is 15.7. The van der Waals surface area contributed by atoms with Gasteiger partial charge in [-0.25, -0.2) is 9.18 Å². The molecule has 0 bridgehead atoms. The molecule has 0 aliphatic rings. The first-order chi connectivity index (χ1) is 10.6. The number of hydrogen-bond acceptors (Lipinski definition) is 2. The summed E-state index contributed by atoms with van der Waals surface area (Å²) in [5, 5.41) is 1.01. The minimum absolute atomic E-state index is 0.241. The van der Waals surface area contributed by atoms with Gasteiger partial charge in [0.2, 0.25) is 0 Å². The Labute approximate surface area is 127 Å². The molecule has 1 aromatic heterocycles. The van der Waals surface area contributed by atoms with E-state index in [9.17, 15) is 9.18 Å². The molecule has 0 saturated heterocycles. The number of fused-ring (bicyclic) bond motifs is 1. The van der Waals surface area contributed by atoms with Crippen LogP contribution in [-0.4, -0.2) is 17.6 Å². The summed E-state index contributed by atoms with van der Waals surface area (Å²) in [5.74, 6) is -0.590. The van der Waals surface area contributed by atoms with Crippen molar-refractivity contribution in [2.75, 3.05) is 7.11 Å². The second kappa shape index (κ2) is 5.64. The summed E-state index contributed by atoms with van der Waals surface area (Å²) in [5.41, 5.74) is 3.69. The highest BCUT2D eigenvalue weighted by Crippen LogP contribution is 2.25. The van der Waals surface area contributed by atoms with Crippen LogP contribution in [0.2, 0.25) is 0 Å². The Balaban J connectivity index is 2.04. The molecule has 0 radical (unpaired) electrons. The van der Waals surface area contributed by atoms with Gasteiger partial charge in [0.05, 0.1) is 12.7 Å². The summed E-state index contributed by atoms with van der Waals surface area (Å²) < 4.78 is 19.8. The van der Waals surface area contributed by atoms with Crippen LogP contribution >= 0.6 is 0 Å². The third-order valence-corrected chi connectivity index (χ3v) is 3.80. The van der Waals surface area contributed by atoms with Gasteiger partial charge in [0, 0.05) is 24.1 Å². The van der Waals surface area contributed by atoms with E-state index in [1.807, 2.05) is 29.9 Å². The summed E-state index contributed by atoms with van der Waals surface area (Å²) >= 11 is 0. The van der Waals surface area contributed by atoms with E-state index in [0.717, 1.165) is 22.0 Å². The molecule has 0 saturated carbocycles. The third kappa shape index (κ3) is 2.60. The second-order valence-electron chi connectivity index (χ2n) is 5.29. The Kier molecular flexibility index (Phi) is 3.67. The van der Waals surface area contributed by atoms with Gasteiger partial charge in [0.25, 0.3) is 0 Å². The fourth-order valence-electron chi connectivity index (χ4n) is 2.68. The van der Waals surface area contributed by atoms with Crippen molar-refractivity contribution in [2.24, 2.45) is 7.05 Å². The van der Waals surface area contributed by atoms with Crippen LogP contribution in [-0.2, 0) is 18.2 Å². The number of aryl methyl sites for hydroxylation is 1. The van der Waals surface area contributed by atoms with E-state index < -0.39 is 0 Å². The Morgan fingerprint density at radius 2 is 1.91 bits per heavy atom. The van der Waals surface area contributed by atoms with Gasteiger partial charge in [0.15, 0.2) is 0 Å². The van der Waals surface area contributed by atoms with E-state index in [1.165, 1.54) is 19.2 Å². The average Bonchev–Trinajstić information content (AvgIpc) is 2.84. The van der Waals surface area contributed by atoms with Crippen molar-refractivity contribution in [3.8, 4) is 0 Å². The fourth-order valence-corrected chi connectivity index (χ4v) is 2.68. The molecule has 0 aliphatic heterocycles. The summed E-state index contributed by atoms with van der Waals surface area (Å²) in [7, 11) is 3.34. The number of methoxy groups -OCH3 is 1. The lowest BCUT2D eigenvalue weighted by atomic mass is 10.0. The molecular formula is C18H16FNO2. The lowest BCUT2D eigenvalue weighted by Gasteiger charge is -2.03. The predicted molar refractivity (Wildman–Crippen MR) is 83.5 cm³/mol. The second-order valence-corrected chi connectivity index (χ2v) is 5.29. The van der Waals surface area contributed by atoms with Gasteiger partial charge in [-0.3, -0.25) is 0 Å². The number of nitrogens with zero attached hydrogens (tertiary/aromatic N) is 1. The molecule has 0 N–H and O–H groups in total. The van der Waals surface area contributed by atoms with Crippen LogP contribution in [0, 0.1) is 5.82 Å². The minimum atomic E-state index is -0.349. The van der Waals surface area contributed by atoms with Gasteiger partial charge >= 0.3 is 5.97 Å². The normalized spacial score (nSPS) is 10.9. The number of halogens is 1. The van der Waals surface area contributed by atoms with E-state index in [4.69, 9.17) is 4.74 Å². The lowest BCUT2D eigenvalue weighted by molar-refractivity contribution is 0.0601. The SMILES string of the molecule is COC(=O)c1ccc2c(c1)c(Cc1ccc(F)cc1)cn2C. The molecule has 2 aromatic carbocycles. The van der Waals surface area contributed by atoms with E-state index in [0.29, 0.717) is 12.0 Å². The standard InChI is InChI=1S/C18H16FNO2/c1-20-11-14(9-12-3-6-15(19)7-4-12)16-10-13(18(21)22-2)5-8-17(16)20/h3-8,10-11H,9H2,1-2H3. The first-order valence-corrected chi connectivity index (χ1v) is 6.99. The number of rotatable bonds is 3. The molecule has 0 fully saturated rings. The average molecular weight is 297 g/mol. The third-order valence-electron chi connectivity index (χ3n) is 3.80. The molecule has 22 heavy (non-hydrogen) atoms. The minimum Gasteiger partial charge on any atom is -0.465 e. The molecule has 1 heterocycles. The lowest BCUT2D eigenvalue weighted by Crippen LogP contribution is -2.00. The number of carbonyl (C=O) groups is 1. The highest BCUT2D eigenvalue weighted by molar-refractivity contribution is 5.96. The van der Waals surface area contributed by atoms with Crippen molar-refractivity contribution in [2.45, 2.75) is 6.42 Å². The Bertz CT molecular complexity index is 834. The number of hydrogen-bond donors (Lipinski definition) is 0. The summed E-state index contributed by atoms with van der Waals surface area (Å²) in [6.07, 6.45) is 2.72. The van der Waals surface area contributed by atoms with Crippen molar-refractivity contribution in [1.82, 2.24) is 4.57 Å². The van der Waals surface area contributed by atoms with E-state index in [1.54, 1.807) is 18.2 Å². The van der Waals surface area contributed by atoms with Gasteiger partial charge in [-0.05, 0) is 47.9 Å². The predicted octanol–water partition coefficient (Wildman–Crippen LogP) is 3.69. The van der Waals surface area contributed by atoms with Crippen molar-refractivity contribution in [1.29, 1.82) is 0 Å². The van der Waals surface area contributed by atoms with Gasteiger partial charge in [-0.1, -0.05) is 12.1 Å². The monoisotopic (exact) mass is 297 g/mol. The smallest absolute Gasteiger partial charge is 0.337 e. The zero-order valence-electron chi connectivity index (χ0n) is 12.5. The van der Waals surface area contributed by atoms with Crippen molar-refractivity contribution < 1.29 is 13.9 Å². The number of benzene rings is 2. The van der Waals surface area contributed by atoms with Gasteiger partial charge in [0.1, 0.15) is 5.82 Å². The largest absolute Gasteiger partial charge is 0.465 e. The maximum Gasteiger partial charge on any atom is 0.337 e. The van der Waals surface area contributed by atoms with Crippen LogP contribution in [0.15, 0.2) is 48.7 Å². The van der Waals surface area contributed by atoms with Gasteiger partial charge < -0.3 is 9.30 Å². The molecule has 3 rings (SSSR count). The highest BCUT2D eigenvalue weighted by Gasteiger charge is 2.12. The maximum absolute atomic E-state index is 13.0. The summed E-state index contributed by atoms with van der Waals surface area (Å²) in [6, 6.07) is 12.0. The Morgan fingerprint density at radius 1 is 1.18 bits per heavy atom. The van der Waals surface area contributed by atoms with E-state index in [2.05, 4.69) is 0 Å². The number of ether oxygens (including phenoxy) is 1. The maximum atomic E-state index is 13.0. The quantitative estimate of drug-likeness (QED) is 0.690. The first-order valence-electron chi connectivity index (χ1n) is 6.99. The van der Waals surface area contributed by atoms with Crippen LogP contribution in [0.25, 0.3) is 10.9 Å². The molecule has 4 heteroatoms. The van der Waals surface area contributed by atoms with Crippen LogP contribution < -0.4 is 0 Å². The van der Waals surface area contributed by atoms with E-state index >= 15 is 0 Å².